The fraction of sp³-hybridized carbons (Fsp3) is 0.571. The lowest BCUT2D eigenvalue weighted by atomic mass is 10.1. The predicted octanol–water partition coefficient (Wildman–Crippen LogP) is 3.51. The predicted molar refractivity (Wildman–Crippen MR) is 69.8 cm³/mol. The molecule has 0 fully saturated rings. The molecule has 17 heavy (non-hydrogen) atoms. The van der Waals surface area contributed by atoms with E-state index in [0.29, 0.717) is 11.3 Å². The van der Waals surface area contributed by atoms with Crippen molar-refractivity contribution in [3.8, 4) is 0 Å². The van der Waals surface area contributed by atoms with Gasteiger partial charge in [0.15, 0.2) is 0 Å². The minimum absolute atomic E-state index is 0.262. The number of rotatable bonds is 6. The topological polar surface area (TPSA) is 23.5 Å². The van der Waals surface area contributed by atoms with Gasteiger partial charge in [-0.25, -0.2) is 4.39 Å². The summed E-state index contributed by atoms with van der Waals surface area (Å²) >= 11 is 0. The van der Waals surface area contributed by atoms with Crippen LogP contribution < -0.4 is 4.90 Å². The van der Waals surface area contributed by atoms with Gasteiger partial charge in [-0.3, -0.25) is 0 Å². The van der Waals surface area contributed by atoms with E-state index in [9.17, 15) is 9.50 Å². The summed E-state index contributed by atoms with van der Waals surface area (Å²) in [6.07, 6.45) is 2.69. The maximum absolute atomic E-state index is 13.8. The van der Waals surface area contributed by atoms with Crippen molar-refractivity contribution in [2.75, 3.05) is 18.5 Å². The average Bonchev–Trinajstić information content (AvgIpc) is 2.28. The molecule has 0 bridgehead atoms. The molecule has 0 unspecified atom stereocenters. The van der Waals surface area contributed by atoms with Gasteiger partial charge in [0.25, 0.3) is 0 Å². The molecule has 1 rings (SSSR count). The van der Waals surface area contributed by atoms with Gasteiger partial charge in [0.1, 0.15) is 5.82 Å². The Balaban J connectivity index is 2.87. The molecule has 0 saturated carbocycles. The van der Waals surface area contributed by atoms with Crippen LogP contribution in [-0.2, 0) is 0 Å². The van der Waals surface area contributed by atoms with Crippen molar-refractivity contribution < 1.29 is 9.50 Å². The van der Waals surface area contributed by atoms with Crippen LogP contribution in [0.5, 0.6) is 0 Å². The Bertz CT molecular complexity index is 352. The van der Waals surface area contributed by atoms with Crippen LogP contribution in [0.1, 0.15) is 44.8 Å². The first-order chi connectivity index (χ1) is 8.07. The molecule has 0 heterocycles. The molecule has 0 aliphatic carbocycles. The standard InChI is InChI=1S/C14H22FNO/c1-4-5-6-10-16(3)14-12(11(2)17)8-7-9-13(14)15/h7-9,11,17H,4-6,10H2,1-3H3/t11-/m1/s1. The lowest BCUT2D eigenvalue weighted by molar-refractivity contribution is 0.199. The van der Waals surface area contributed by atoms with Crippen LogP contribution in [0.3, 0.4) is 0 Å². The monoisotopic (exact) mass is 239 g/mol. The van der Waals surface area contributed by atoms with E-state index < -0.39 is 6.10 Å². The van der Waals surface area contributed by atoms with Gasteiger partial charge in [-0.1, -0.05) is 31.9 Å². The third-order valence-electron chi connectivity index (χ3n) is 2.95. The summed E-state index contributed by atoms with van der Waals surface area (Å²) in [7, 11) is 1.87. The first kappa shape index (κ1) is 14.0. The molecule has 2 nitrogen and oxygen atoms in total. The highest BCUT2D eigenvalue weighted by Crippen LogP contribution is 2.28. The van der Waals surface area contributed by atoms with E-state index in [-0.39, 0.29) is 5.82 Å². The molecule has 0 aromatic heterocycles. The molecule has 0 radical (unpaired) electrons. The second-order valence-electron chi connectivity index (χ2n) is 4.48. The zero-order chi connectivity index (χ0) is 12.8. The number of aliphatic hydroxyl groups excluding tert-OH is 1. The summed E-state index contributed by atoms with van der Waals surface area (Å²) < 4.78 is 13.8. The van der Waals surface area contributed by atoms with Crippen molar-refractivity contribution in [2.45, 2.75) is 39.2 Å². The zero-order valence-electron chi connectivity index (χ0n) is 10.9. The van der Waals surface area contributed by atoms with Gasteiger partial charge < -0.3 is 10.0 Å². The SMILES string of the molecule is CCCCCN(C)c1c(F)cccc1[C@@H](C)O. The molecule has 0 aliphatic rings. The fourth-order valence-electron chi connectivity index (χ4n) is 1.98. The minimum atomic E-state index is -0.644. The molecular weight excluding hydrogens is 217 g/mol. The lowest BCUT2D eigenvalue weighted by Crippen LogP contribution is -2.21. The van der Waals surface area contributed by atoms with Crippen molar-refractivity contribution in [2.24, 2.45) is 0 Å². The number of hydrogen-bond donors (Lipinski definition) is 1. The van der Waals surface area contributed by atoms with Crippen molar-refractivity contribution in [1.82, 2.24) is 0 Å². The number of nitrogens with zero attached hydrogens (tertiary/aromatic N) is 1. The molecule has 1 aromatic rings. The summed E-state index contributed by atoms with van der Waals surface area (Å²) in [5, 5.41) is 9.66. The van der Waals surface area contributed by atoms with E-state index in [0.717, 1.165) is 25.8 Å². The Hall–Kier alpha value is -1.09. The molecule has 1 atom stereocenters. The van der Waals surface area contributed by atoms with Gasteiger partial charge in [-0.2, -0.15) is 0 Å². The Labute approximate surface area is 103 Å². The van der Waals surface area contributed by atoms with E-state index in [2.05, 4.69) is 6.92 Å². The van der Waals surface area contributed by atoms with Gasteiger partial charge in [0.05, 0.1) is 11.8 Å². The first-order valence-electron chi connectivity index (χ1n) is 6.25. The van der Waals surface area contributed by atoms with E-state index in [1.54, 1.807) is 19.1 Å². The van der Waals surface area contributed by atoms with Gasteiger partial charge in [0, 0.05) is 19.2 Å². The maximum atomic E-state index is 13.8. The molecular formula is C14H22FNO. The van der Waals surface area contributed by atoms with Gasteiger partial charge in [-0.05, 0) is 19.4 Å². The van der Waals surface area contributed by atoms with Crippen LogP contribution in [0.25, 0.3) is 0 Å². The quantitative estimate of drug-likeness (QED) is 0.768. The normalized spacial score (nSPS) is 12.5. The van der Waals surface area contributed by atoms with E-state index in [1.807, 2.05) is 11.9 Å². The van der Waals surface area contributed by atoms with Crippen molar-refractivity contribution in [3.05, 3.63) is 29.6 Å². The molecule has 1 aromatic carbocycles. The molecule has 0 saturated heterocycles. The average molecular weight is 239 g/mol. The molecule has 0 amide bonds. The van der Waals surface area contributed by atoms with Crippen molar-refractivity contribution in [1.29, 1.82) is 0 Å². The van der Waals surface area contributed by atoms with Gasteiger partial charge in [0.2, 0.25) is 0 Å². The zero-order valence-corrected chi connectivity index (χ0v) is 10.9. The Kier molecular flexibility index (Phi) is 5.42. The van der Waals surface area contributed by atoms with E-state index >= 15 is 0 Å². The van der Waals surface area contributed by atoms with Crippen LogP contribution in [0.4, 0.5) is 10.1 Å². The summed E-state index contributed by atoms with van der Waals surface area (Å²) in [5.41, 5.74) is 1.18. The Morgan fingerprint density at radius 3 is 2.65 bits per heavy atom. The number of hydrogen-bond acceptors (Lipinski definition) is 2. The first-order valence-corrected chi connectivity index (χ1v) is 6.25. The molecule has 3 heteroatoms. The smallest absolute Gasteiger partial charge is 0.146 e. The van der Waals surface area contributed by atoms with Crippen LogP contribution in [0, 0.1) is 5.82 Å². The second-order valence-corrected chi connectivity index (χ2v) is 4.48. The largest absolute Gasteiger partial charge is 0.389 e. The minimum Gasteiger partial charge on any atom is -0.389 e. The number of aliphatic hydroxyl groups is 1. The summed E-state index contributed by atoms with van der Waals surface area (Å²) in [4.78, 5) is 1.90. The van der Waals surface area contributed by atoms with Crippen LogP contribution in [-0.4, -0.2) is 18.7 Å². The third kappa shape index (κ3) is 3.70. The molecule has 0 aliphatic heterocycles. The van der Waals surface area contributed by atoms with E-state index in [1.165, 1.54) is 6.07 Å². The summed E-state index contributed by atoms with van der Waals surface area (Å²) in [6.45, 7) is 4.62. The van der Waals surface area contributed by atoms with Crippen molar-refractivity contribution in [3.63, 3.8) is 0 Å². The Morgan fingerprint density at radius 1 is 1.35 bits per heavy atom. The summed E-state index contributed by atoms with van der Waals surface area (Å²) in [6, 6.07) is 4.86. The fourth-order valence-corrected chi connectivity index (χ4v) is 1.98. The highest BCUT2D eigenvalue weighted by Gasteiger charge is 2.15. The highest BCUT2D eigenvalue weighted by atomic mass is 19.1. The molecule has 1 N–H and O–H groups in total. The lowest BCUT2D eigenvalue weighted by Gasteiger charge is -2.24. The van der Waals surface area contributed by atoms with Crippen LogP contribution in [0.15, 0.2) is 18.2 Å². The van der Waals surface area contributed by atoms with Gasteiger partial charge >= 0.3 is 0 Å². The number of halogens is 1. The summed E-state index contributed by atoms with van der Waals surface area (Å²) in [5.74, 6) is -0.262. The second kappa shape index (κ2) is 6.60. The van der Waals surface area contributed by atoms with Gasteiger partial charge in [-0.15, -0.1) is 0 Å². The molecule has 96 valence electrons. The number of para-hydroxylation sites is 1. The molecule has 0 spiro atoms. The number of unbranched alkanes of at least 4 members (excludes halogenated alkanes) is 2. The highest BCUT2D eigenvalue weighted by molar-refractivity contribution is 5.55. The van der Waals surface area contributed by atoms with Crippen molar-refractivity contribution >= 4 is 5.69 Å². The van der Waals surface area contributed by atoms with Crippen LogP contribution in [0.2, 0.25) is 0 Å². The van der Waals surface area contributed by atoms with Crippen LogP contribution >= 0.6 is 0 Å². The number of benzene rings is 1. The Morgan fingerprint density at radius 2 is 2.06 bits per heavy atom. The third-order valence-corrected chi connectivity index (χ3v) is 2.95. The van der Waals surface area contributed by atoms with E-state index in [4.69, 9.17) is 0 Å². The maximum Gasteiger partial charge on any atom is 0.146 e. The number of anilines is 1.